The molecule has 37 heavy (non-hydrogen) atoms. The summed E-state index contributed by atoms with van der Waals surface area (Å²) in [6.45, 7) is 1.89. The van der Waals surface area contributed by atoms with Crippen LogP contribution >= 0.6 is 0 Å². The molecule has 9 heteroatoms. The lowest BCUT2D eigenvalue weighted by Gasteiger charge is -2.30. The van der Waals surface area contributed by atoms with Crippen LogP contribution in [0.1, 0.15) is 47.2 Å². The van der Waals surface area contributed by atoms with Crippen molar-refractivity contribution in [2.45, 2.75) is 38.3 Å². The Kier molecular flexibility index (Phi) is 5.72. The lowest BCUT2D eigenvalue weighted by Crippen LogP contribution is -2.52. The molecule has 1 unspecified atom stereocenters. The molecule has 0 bridgehead atoms. The van der Waals surface area contributed by atoms with Gasteiger partial charge < -0.3 is 15.5 Å². The number of nitrogen functional groups attached to an aromatic ring is 1. The average Bonchev–Trinajstić information content (AvgIpc) is 3.24. The van der Waals surface area contributed by atoms with Gasteiger partial charge in [-0.2, -0.15) is 4.98 Å². The first-order chi connectivity index (χ1) is 18.0. The summed E-state index contributed by atoms with van der Waals surface area (Å²) < 4.78 is 0. The van der Waals surface area contributed by atoms with Gasteiger partial charge in [-0.05, 0) is 49.1 Å². The van der Waals surface area contributed by atoms with E-state index in [0.29, 0.717) is 30.3 Å². The van der Waals surface area contributed by atoms with Gasteiger partial charge in [-0.15, -0.1) is 0 Å². The summed E-state index contributed by atoms with van der Waals surface area (Å²) in [6.07, 6.45) is 2.33. The summed E-state index contributed by atoms with van der Waals surface area (Å²) in [7, 11) is 0. The van der Waals surface area contributed by atoms with Gasteiger partial charge in [0, 0.05) is 48.5 Å². The first-order valence-electron chi connectivity index (χ1n) is 12.5. The SMILES string of the molecule is Nc1nc(N2CCC(C#Cc3cccc4c3CN(C3CCC(=O)NC3=O)C4=O)CC2)nc2ccccc12. The van der Waals surface area contributed by atoms with Crippen LogP contribution in [0.3, 0.4) is 0 Å². The van der Waals surface area contributed by atoms with Crippen LogP contribution in [0.15, 0.2) is 42.5 Å². The van der Waals surface area contributed by atoms with E-state index in [9.17, 15) is 14.4 Å². The van der Waals surface area contributed by atoms with Crippen molar-refractivity contribution in [3.63, 3.8) is 0 Å². The predicted octanol–water partition coefficient (Wildman–Crippen LogP) is 2.24. The van der Waals surface area contributed by atoms with Crippen molar-refractivity contribution in [2.24, 2.45) is 5.92 Å². The first kappa shape index (κ1) is 23.0. The van der Waals surface area contributed by atoms with Gasteiger partial charge in [0.1, 0.15) is 11.9 Å². The van der Waals surface area contributed by atoms with Gasteiger partial charge >= 0.3 is 0 Å². The van der Waals surface area contributed by atoms with Gasteiger partial charge in [0.05, 0.1) is 5.52 Å². The molecule has 2 saturated heterocycles. The van der Waals surface area contributed by atoms with E-state index in [-0.39, 0.29) is 24.2 Å². The Hall–Kier alpha value is -4.45. The lowest BCUT2D eigenvalue weighted by molar-refractivity contribution is -0.136. The van der Waals surface area contributed by atoms with E-state index in [1.165, 1.54) is 0 Å². The van der Waals surface area contributed by atoms with Crippen LogP contribution in [-0.4, -0.2) is 51.7 Å². The monoisotopic (exact) mass is 494 g/mol. The van der Waals surface area contributed by atoms with Crippen LogP contribution in [0, 0.1) is 17.8 Å². The molecule has 1 aromatic heterocycles. The fraction of sp³-hybridized carbons (Fsp3) is 0.321. The van der Waals surface area contributed by atoms with Crippen LogP contribution in [0.5, 0.6) is 0 Å². The summed E-state index contributed by atoms with van der Waals surface area (Å²) >= 11 is 0. The van der Waals surface area contributed by atoms with Crippen LogP contribution in [-0.2, 0) is 16.1 Å². The van der Waals surface area contributed by atoms with Gasteiger partial charge in [0.2, 0.25) is 17.8 Å². The number of anilines is 2. The molecule has 3 aromatic rings. The maximum Gasteiger partial charge on any atom is 0.255 e. The number of hydrogen-bond acceptors (Lipinski definition) is 7. The van der Waals surface area contributed by atoms with Crippen LogP contribution < -0.4 is 16.0 Å². The quantitative estimate of drug-likeness (QED) is 0.414. The molecule has 4 heterocycles. The van der Waals surface area contributed by atoms with Crippen molar-refractivity contribution in [2.75, 3.05) is 23.7 Å². The maximum atomic E-state index is 13.0. The van der Waals surface area contributed by atoms with E-state index in [2.05, 4.69) is 27.0 Å². The molecule has 0 spiro atoms. The second-order valence-corrected chi connectivity index (χ2v) is 9.69. The number of carbonyl (C=O) groups is 3. The molecule has 9 nitrogen and oxygen atoms in total. The molecule has 1 atom stereocenters. The fourth-order valence-electron chi connectivity index (χ4n) is 5.34. The number of imide groups is 1. The Morgan fingerprint density at radius 2 is 1.78 bits per heavy atom. The van der Waals surface area contributed by atoms with Crippen LogP contribution in [0.4, 0.5) is 11.8 Å². The third kappa shape index (κ3) is 4.25. The summed E-state index contributed by atoms with van der Waals surface area (Å²) in [4.78, 5) is 49.8. The van der Waals surface area contributed by atoms with E-state index >= 15 is 0 Å². The van der Waals surface area contributed by atoms with E-state index in [1.54, 1.807) is 11.0 Å². The molecule has 0 radical (unpaired) electrons. The molecule has 3 N–H and O–H groups in total. The highest BCUT2D eigenvalue weighted by atomic mass is 16.2. The molecule has 6 rings (SSSR count). The Morgan fingerprint density at radius 1 is 0.973 bits per heavy atom. The minimum absolute atomic E-state index is 0.184. The molecule has 3 aliphatic heterocycles. The third-order valence-corrected chi connectivity index (χ3v) is 7.39. The Labute approximate surface area is 214 Å². The largest absolute Gasteiger partial charge is 0.383 e. The lowest BCUT2D eigenvalue weighted by atomic mass is 9.96. The van der Waals surface area contributed by atoms with E-state index < -0.39 is 11.9 Å². The maximum absolute atomic E-state index is 13.0. The van der Waals surface area contributed by atoms with E-state index in [0.717, 1.165) is 48.0 Å². The topological polar surface area (TPSA) is 122 Å². The van der Waals surface area contributed by atoms with Crippen LogP contribution in [0.25, 0.3) is 10.9 Å². The number of carbonyl (C=O) groups excluding carboxylic acids is 3. The molecule has 3 aliphatic rings. The zero-order valence-corrected chi connectivity index (χ0v) is 20.2. The van der Waals surface area contributed by atoms with Crippen molar-refractivity contribution in [1.82, 2.24) is 20.2 Å². The van der Waals surface area contributed by atoms with Crippen LogP contribution in [0.2, 0.25) is 0 Å². The molecule has 2 aromatic carbocycles. The van der Waals surface area contributed by atoms with Crippen molar-refractivity contribution < 1.29 is 14.4 Å². The minimum atomic E-state index is -0.630. The molecular formula is C28H26N6O3. The number of rotatable bonds is 2. The second-order valence-electron chi connectivity index (χ2n) is 9.69. The zero-order chi connectivity index (χ0) is 25.5. The van der Waals surface area contributed by atoms with Crippen molar-refractivity contribution in [3.05, 3.63) is 59.2 Å². The number of para-hydroxylation sites is 1. The number of aromatic nitrogens is 2. The molecule has 0 aliphatic carbocycles. The van der Waals surface area contributed by atoms with Crippen molar-refractivity contribution >= 4 is 40.4 Å². The standard InChI is InChI=1S/C28H26N6O3/c29-25-20-5-1-2-7-22(20)30-28(32-25)33-14-12-17(13-15-33)8-9-18-4-3-6-19-21(18)16-34(27(19)37)23-10-11-24(35)31-26(23)36/h1-7,17,23H,10-16H2,(H2,29,30,32)(H,31,35,36). The van der Waals surface area contributed by atoms with Gasteiger partial charge in [-0.3, -0.25) is 19.7 Å². The number of nitrogens with one attached hydrogen (secondary N) is 1. The molecule has 186 valence electrons. The summed E-state index contributed by atoms with van der Waals surface area (Å²) in [5, 5.41) is 3.20. The number of benzene rings is 2. The summed E-state index contributed by atoms with van der Waals surface area (Å²) in [5.41, 5.74) is 9.25. The van der Waals surface area contributed by atoms with E-state index in [1.807, 2.05) is 36.4 Å². The van der Waals surface area contributed by atoms with Crippen molar-refractivity contribution in [1.29, 1.82) is 0 Å². The van der Waals surface area contributed by atoms with E-state index in [4.69, 9.17) is 10.7 Å². The number of amides is 3. The average molecular weight is 495 g/mol. The number of hydrogen-bond donors (Lipinski definition) is 2. The van der Waals surface area contributed by atoms with Gasteiger partial charge in [0.15, 0.2) is 0 Å². The normalized spacial score (nSPS) is 20.0. The summed E-state index contributed by atoms with van der Waals surface area (Å²) in [6, 6.07) is 12.6. The zero-order valence-electron chi connectivity index (χ0n) is 20.2. The Bertz CT molecular complexity index is 1500. The third-order valence-electron chi connectivity index (χ3n) is 7.39. The highest BCUT2D eigenvalue weighted by Crippen LogP contribution is 2.30. The predicted molar refractivity (Wildman–Crippen MR) is 138 cm³/mol. The van der Waals surface area contributed by atoms with Gasteiger partial charge in [-0.25, -0.2) is 4.98 Å². The minimum Gasteiger partial charge on any atom is -0.383 e. The van der Waals surface area contributed by atoms with Crippen molar-refractivity contribution in [3.8, 4) is 11.8 Å². The number of nitrogens with two attached hydrogens (primary N) is 1. The summed E-state index contributed by atoms with van der Waals surface area (Å²) in [5.74, 6) is 7.19. The second kappa shape index (κ2) is 9.21. The fourth-order valence-corrected chi connectivity index (χ4v) is 5.34. The molecule has 3 amide bonds. The Morgan fingerprint density at radius 3 is 2.59 bits per heavy atom. The first-order valence-corrected chi connectivity index (χ1v) is 12.5. The Balaban J connectivity index is 1.15. The highest BCUT2D eigenvalue weighted by molar-refractivity contribution is 6.05. The number of piperidine rings is 2. The molecule has 2 fully saturated rings. The smallest absolute Gasteiger partial charge is 0.255 e. The van der Waals surface area contributed by atoms with Gasteiger partial charge in [-0.1, -0.05) is 30.0 Å². The number of nitrogens with zero attached hydrogens (tertiary/aromatic N) is 4. The van der Waals surface area contributed by atoms with Gasteiger partial charge in [0.25, 0.3) is 5.91 Å². The molecule has 0 saturated carbocycles. The number of fused-ring (bicyclic) bond motifs is 2. The molecular weight excluding hydrogens is 468 g/mol. The highest BCUT2D eigenvalue weighted by Gasteiger charge is 2.39.